The molecule has 36 heavy (non-hydrogen) atoms. The highest BCUT2D eigenvalue weighted by molar-refractivity contribution is 5.92. The molecule has 2 saturated heterocycles. The predicted molar refractivity (Wildman–Crippen MR) is 141 cm³/mol. The molecule has 0 bridgehead atoms. The number of ether oxygens (including phenoxy) is 1. The highest BCUT2D eigenvalue weighted by atomic mass is 16.5. The fraction of sp³-hybridized carbons (Fsp3) is 0.379. The molecule has 2 fully saturated rings. The van der Waals surface area contributed by atoms with Gasteiger partial charge in [-0.25, -0.2) is 0 Å². The van der Waals surface area contributed by atoms with Gasteiger partial charge in [0.1, 0.15) is 5.75 Å². The third kappa shape index (κ3) is 5.86. The van der Waals surface area contributed by atoms with Crippen molar-refractivity contribution in [3.8, 4) is 5.75 Å². The molecule has 2 aliphatic heterocycles. The van der Waals surface area contributed by atoms with E-state index in [1.54, 1.807) is 12.4 Å². The number of carbonyl (C=O) groups is 1. The number of hydrogen-bond donors (Lipinski definition) is 2. The molecule has 2 aromatic carbocycles. The summed E-state index contributed by atoms with van der Waals surface area (Å²) >= 11 is 0. The van der Waals surface area contributed by atoms with Crippen molar-refractivity contribution in [3.05, 3.63) is 84.7 Å². The molecule has 2 aliphatic rings. The van der Waals surface area contributed by atoms with Crippen LogP contribution in [0, 0.1) is 0 Å². The van der Waals surface area contributed by atoms with Crippen LogP contribution in [0.2, 0.25) is 0 Å². The van der Waals surface area contributed by atoms with Gasteiger partial charge >= 0.3 is 0 Å². The third-order valence-corrected chi connectivity index (χ3v) is 7.43. The van der Waals surface area contributed by atoms with Crippen LogP contribution in [0.15, 0.2) is 79.1 Å². The summed E-state index contributed by atoms with van der Waals surface area (Å²) in [5, 5.41) is 14.0. The van der Waals surface area contributed by atoms with Crippen molar-refractivity contribution >= 4 is 17.3 Å². The molecule has 3 aromatic rings. The number of carbonyl (C=O) groups excluding carboxylic acids is 1. The van der Waals surface area contributed by atoms with Gasteiger partial charge < -0.3 is 25.0 Å². The molecule has 7 heteroatoms. The van der Waals surface area contributed by atoms with Crippen LogP contribution >= 0.6 is 0 Å². The van der Waals surface area contributed by atoms with Crippen LogP contribution < -0.4 is 15.0 Å². The molecule has 0 spiro atoms. The lowest BCUT2D eigenvalue weighted by Gasteiger charge is -2.44. The van der Waals surface area contributed by atoms with Crippen molar-refractivity contribution in [2.75, 3.05) is 43.0 Å². The Morgan fingerprint density at radius 1 is 0.972 bits per heavy atom. The van der Waals surface area contributed by atoms with Crippen LogP contribution in [-0.4, -0.2) is 59.7 Å². The van der Waals surface area contributed by atoms with E-state index in [-0.39, 0.29) is 12.5 Å². The zero-order chi connectivity index (χ0) is 24.8. The Balaban J connectivity index is 1.07. The maximum Gasteiger partial charge on any atom is 0.262 e. The molecule has 0 saturated carbocycles. The zero-order valence-corrected chi connectivity index (χ0v) is 20.6. The maximum absolute atomic E-state index is 12.2. The van der Waals surface area contributed by atoms with E-state index in [9.17, 15) is 9.90 Å². The Labute approximate surface area is 212 Å². The van der Waals surface area contributed by atoms with E-state index in [4.69, 9.17) is 4.74 Å². The Morgan fingerprint density at radius 3 is 2.36 bits per heavy atom. The van der Waals surface area contributed by atoms with Gasteiger partial charge in [-0.1, -0.05) is 24.3 Å². The first-order chi connectivity index (χ1) is 17.6. The van der Waals surface area contributed by atoms with Crippen molar-refractivity contribution in [3.63, 3.8) is 0 Å². The van der Waals surface area contributed by atoms with Gasteiger partial charge in [-0.3, -0.25) is 9.78 Å². The molecule has 0 aliphatic carbocycles. The number of aromatic nitrogens is 1. The van der Waals surface area contributed by atoms with Gasteiger partial charge in [-0.15, -0.1) is 0 Å². The van der Waals surface area contributed by atoms with Gasteiger partial charge in [0, 0.05) is 61.6 Å². The number of aliphatic hydroxyl groups is 1. The van der Waals surface area contributed by atoms with E-state index in [0.29, 0.717) is 11.8 Å². The minimum Gasteiger partial charge on any atom is -0.484 e. The van der Waals surface area contributed by atoms with Crippen LogP contribution in [0.1, 0.15) is 31.2 Å². The van der Waals surface area contributed by atoms with E-state index < -0.39 is 5.60 Å². The number of nitrogens with zero attached hydrogens (tertiary/aromatic N) is 3. The van der Waals surface area contributed by atoms with Gasteiger partial charge in [-0.2, -0.15) is 0 Å². The first-order valence-electron chi connectivity index (χ1n) is 12.8. The molecule has 188 valence electrons. The summed E-state index contributed by atoms with van der Waals surface area (Å²) in [6.07, 6.45) is 7.27. The van der Waals surface area contributed by atoms with E-state index in [1.165, 1.54) is 5.69 Å². The lowest BCUT2D eigenvalue weighted by atomic mass is 9.84. The number of hydrogen-bond acceptors (Lipinski definition) is 6. The Bertz CT molecular complexity index is 1110. The number of pyridine rings is 1. The summed E-state index contributed by atoms with van der Waals surface area (Å²) in [7, 11) is 0. The number of rotatable bonds is 7. The van der Waals surface area contributed by atoms with Crippen molar-refractivity contribution in [1.29, 1.82) is 0 Å². The number of nitrogens with one attached hydrogen (secondary N) is 1. The molecule has 0 unspecified atom stereocenters. The molecule has 2 N–H and O–H groups in total. The van der Waals surface area contributed by atoms with Crippen LogP contribution in [-0.2, 0) is 10.4 Å². The van der Waals surface area contributed by atoms with Crippen LogP contribution in [0.25, 0.3) is 0 Å². The lowest BCUT2D eigenvalue weighted by molar-refractivity contribution is -0.118. The lowest BCUT2D eigenvalue weighted by Crippen LogP contribution is -2.50. The number of anilines is 2. The van der Waals surface area contributed by atoms with E-state index in [1.807, 2.05) is 54.6 Å². The number of benzene rings is 2. The molecular formula is C29H34N4O3. The van der Waals surface area contributed by atoms with E-state index in [2.05, 4.69) is 32.2 Å². The summed E-state index contributed by atoms with van der Waals surface area (Å²) in [4.78, 5) is 21.4. The fourth-order valence-electron chi connectivity index (χ4n) is 5.29. The Hall–Kier alpha value is -3.42. The number of amides is 1. The normalized spacial score (nSPS) is 18.5. The number of piperidine rings is 2. The van der Waals surface area contributed by atoms with Gasteiger partial charge in [0.25, 0.3) is 5.91 Å². The first kappa shape index (κ1) is 24.3. The monoisotopic (exact) mass is 486 g/mol. The highest BCUT2D eigenvalue weighted by Crippen LogP contribution is 2.34. The third-order valence-electron chi connectivity index (χ3n) is 7.43. The van der Waals surface area contributed by atoms with Crippen LogP contribution in [0.3, 0.4) is 0 Å². The largest absolute Gasteiger partial charge is 0.484 e. The number of likely N-dealkylation sites (tertiary alicyclic amines) is 1. The summed E-state index contributed by atoms with van der Waals surface area (Å²) < 4.78 is 5.51. The molecule has 7 nitrogen and oxygen atoms in total. The highest BCUT2D eigenvalue weighted by Gasteiger charge is 2.36. The van der Waals surface area contributed by atoms with Gasteiger partial charge in [0.05, 0.1) is 5.60 Å². The van der Waals surface area contributed by atoms with Crippen molar-refractivity contribution in [1.82, 2.24) is 9.88 Å². The van der Waals surface area contributed by atoms with Crippen LogP contribution in [0.5, 0.6) is 5.75 Å². The zero-order valence-electron chi connectivity index (χ0n) is 20.6. The maximum atomic E-state index is 12.2. The Morgan fingerprint density at radius 2 is 1.69 bits per heavy atom. The SMILES string of the molecule is O=C(COc1ccccc1)Nc1ccc(N2CCC(N3CCC(O)(c4cccnc4)CC3)CC2)cc1. The Kier molecular flexibility index (Phi) is 7.49. The van der Waals surface area contributed by atoms with Gasteiger partial charge in [0.15, 0.2) is 6.61 Å². The molecule has 0 radical (unpaired) electrons. The summed E-state index contributed by atoms with van der Waals surface area (Å²) in [5.74, 6) is 0.504. The second-order valence-electron chi connectivity index (χ2n) is 9.72. The minimum absolute atomic E-state index is 0.0184. The van der Waals surface area contributed by atoms with Gasteiger partial charge in [-0.05, 0) is 68.1 Å². The van der Waals surface area contributed by atoms with E-state index >= 15 is 0 Å². The molecular weight excluding hydrogens is 452 g/mol. The van der Waals surface area contributed by atoms with Gasteiger partial charge in [0.2, 0.25) is 0 Å². The molecule has 5 rings (SSSR count). The minimum atomic E-state index is -0.754. The molecule has 1 aromatic heterocycles. The van der Waals surface area contributed by atoms with Crippen LogP contribution in [0.4, 0.5) is 11.4 Å². The average molecular weight is 487 g/mol. The molecule has 0 atom stereocenters. The van der Waals surface area contributed by atoms with Crippen molar-refractivity contribution in [2.24, 2.45) is 0 Å². The number of para-hydroxylation sites is 1. The summed E-state index contributed by atoms with van der Waals surface area (Å²) in [6, 6.07) is 21.8. The smallest absolute Gasteiger partial charge is 0.262 e. The van der Waals surface area contributed by atoms with E-state index in [0.717, 1.165) is 63.1 Å². The molecule has 1 amide bonds. The second-order valence-corrected chi connectivity index (χ2v) is 9.72. The van der Waals surface area contributed by atoms with Crippen molar-refractivity contribution < 1.29 is 14.6 Å². The standard InChI is InChI=1S/C29H34N4O3/c34-28(22-36-27-6-2-1-3-7-27)31-24-8-10-25(11-9-24)32-17-12-26(13-18-32)33-19-14-29(35,15-20-33)23-5-4-16-30-21-23/h1-11,16,21,26,35H,12-15,17-20,22H2,(H,31,34). The average Bonchev–Trinajstić information content (AvgIpc) is 2.94. The second kappa shape index (κ2) is 11.1. The predicted octanol–water partition coefficient (Wildman–Crippen LogP) is 4.05. The quantitative estimate of drug-likeness (QED) is 0.525. The summed E-state index contributed by atoms with van der Waals surface area (Å²) in [5.41, 5.74) is 2.13. The topological polar surface area (TPSA) is 77.9 Å². The fourth-order valence-corrected chi connectivity index (χ4v) is 5.29. The first-order valence-corrected chi connectivity index (χ1v) is 12.8. The van der Waals surface area contributed by atoms with Crippen molar-refractivity contribution in [2.45, 2.75) is 37.3 Å². The summed E-state index contributed by atoms with van der Waals surface area (Å²) in [6.45, 7) is 3.82. The molecule has 3 heterocycles.